The average Bonchev–Trinajstić information content (AvgIpc) is 3.33. The van der Waals surface area contributed by atoms with Crippen molar-refractivity contribution in [2.75, 3.05) is 19.0 Å². The summed E-state index contributed by atoms with van der Waals surface area (Å²) in [4.78, 5) is 10.2. The third-order valence-corrected chi connectivity index (χ3v) is 4.83. The number of hydrogen-bond donors (Lipinski definition) is 1. The average molecular weight is 351 g/mol. The van der Waals surface area contributed by atoms with Gasteiger partial charge in [0.15, 0.2) is 0 Å². The summed E-state index contributed by atoms with van der Waals surface area (Å²) in [5, 5.41) is 9.80. The van der Waals surface area contributed by atoms with Crippen LogP contribution in [0.5, 0.6) is 5.75 Å². The fraction of sp³-hybridized carbons (Fsp3) is 0.167. The number of methoxy groups -OCH3 is 1. The van der Waals surface area contributed by atoms with Crippen LogP contribution in [0.4, 0.5) is 5.82 Å². The van der Waals surface area contributed by atoms with E-state index in [4.69, 9.17) is 4.74 Å². The Hall–Kier alpha value is -2.93. The van der Waals surface area contributed by atoms with Crippen molar-refractivity contribution in [3.05, 3.63) is 59.0 Å². The summed E-state index contributed by atoms with van der Waals surface area (Å²) in [7, 11) is 1.66. The first kappa shape index (κ1) is 15.6. The van der Waals surface area contributed by atoms with E-state index in [1.165, 1.54) is 11.2 Å². The molecule has 6 nitrogen and oxygen atoms in total. The topological polar surface area (TPSA) is 64.3 Å². The molecule has 0 bridgehead atoms. The molecule has 25 heavy (non-hydrogen) atoms. The zero-order valence-corrected chi connectivity index (χ0v) is 14.5. The Morgan fingerprint density at radius 3 is 2.84 bits per heavy atom. The van der Waals surface area contributed by atoms with Crippen LogP contribution in [0.15, 0.2) is 54.2 Å². The molecule has 0 fully saturated rings. The fourth-order valence-corrected chi connectivity index (χ4v) is 3.33. The molecule has 3 heterocycles. The molecule has 0 atom stereocenters. The lowest BCUT2D eigenvalue weighted by Crippen LogP contribution is -2.09. The minimum atomic E-state index is 0.576. The molecule has 4 rings (SSSR count). The zero-order chi connectivity index (χ0) is 17.1. The molecular weight excluding hydrogens is 334 g/mol. The largest absolute Gasteiger partial charge is 0.497 e. The monoisotopic (exact) mass is 351 g/mol. The van der Waals surface area contributed by atoms with Crippen molar-refractivity contribution < 1.29 is 4.74 Å². The molecule has 0 aliphatic heterocycles. The predicted molar refractivity (Wildman–Crippen MR) is 99.3 cm³/mol. The Morgan fingerprint density at radius 1 is 1.20 bits per heavy atom. The number of anilines is 1. The lowest BCUT2D eigenvalue weighted by molar-refractivity contribution is 0.415. The molecule has 0 spiro atoms. The molecule has 0 amide bonds. The van der Waals surface area contributed by atoms with Gasteiger partial charge in [-0.2, -0.15) is 14.6 Å². The number of nitrogens with one attached hydrogen (secondary N) is 1. The molecule has 0 radical (unpaired) electrons. The van der Waals surface area contributed by atoms with Crippen LogP contribution in [0.25, 0.3) is 17.0 Å². The molecule has 7 heteroatoms. The first-order valence-electron chi connectivity index (χ1n) is 7.95. The Bertz CT molecular complexity index is 963. The van der Waals surface area contributed by atoms with Crippen molar-refractivity contribution in [1.82, 2.24) is 19.6 Å². The molecular formula is C18H17N5OS. The van der Waals surface area contributed by atoms with Gasteiger partial charge in [0.1, 0.15) is 17.9 Å². The second kappa shape index (κ2) is 6.90. The van der Waals surface area contributed by atoms with Gasteiger partial charge in [0.05, 0.1) is 12.8 Å². The van der Waals surface area contributed by atoms with Crippen molar-refractivity contribution in [3.8, 4) is 17.0 Å². The van der Waals surface area contributed by atoms with Crippen LogP contribution in [0.3, 0.4) is 0 Å². The molecule has 126 valence electrons. The summed E-state index contributed by atoms with van der Waals surface area (Å²) in [6.07, 6.45) is 2.48. The van der Waals surface area contributed by atoms with Crippen molar-refractivity contribution in [1.29, 1.82) is 0 Å². The van der Waals surface area contributed by atoms with E-state index >= 15 is 0 Å². The Labute approximate surface area is 149 Å². The molecule has 3 aromatic heterocycles. The number of nitrogens with zero attached hydrogens (tertiary/aromatic N) is 4. The minimum Gasteiger partial charge on any atom is -0.497 e. The molecule has 0 saturated carbocycles. The zero-order valence-electron chi connectivity index (χ0n) is 13.7. The van der Waals surface area contributed by atoms with Crippen LogP contribution in [-0.4, -0.2) is 33.2 Å². The lowest BCUT2D eigenvalue weighted by atomic mass is 10.1. The number of aromatic nitrogens is 4. The van der Waals surface area contributed by atoms with Crippen molar-refractivity contribution >= 4 is 22.9 Å². The number of thiophene rings is 1. The summed E-state index contributed by atoms with van der Waals surface area (Å²) in [6.45, 7) is 0.821. The van der Waals surface area contributed by atoms with E-state index in [0.717, 1.165) is 35.8 Å². The molecule has 4 aromatic rings. The molecule has 1 N–H and O–H groups in total. The summed E-state index contributed by atoms with van der Waals surface area (Å²) >= 11 is 1.77. The van der Waals surface area contributed by atoms with Gasteiger partial charge >= 0.3 is 0 Å². The number of hydrogen-bond acceptors (Lipinski definition) is 6. The van der Waals surface area contributed by atoms with Crippen LogP contribution < -0.4 is 10.1 Å². The van der Waals surface area contributed by atoms with E-state index in [1.54, 1.807) is 23.0 Å². The highest BCUT2D eigenvalue weighted by molar-refractivity contribution is 7.09. The maximum Gasteiger partial charge on any atom is 0.254 e. The number of fused-ring (bicyclic) bond motifs is 1. The summed E-state index contributed by atoms with van der Waals surface area (Å²) in [5.74, 6) is 2.28. The number of benzene rings is 1. The van der Waals surface area contributed by atoms with E-state index in [1.807, 2.05) is 30.3 Å². The van der Waals surface area contributed by atoms with Gasteiger partial charge < -0.3 is 10.1 Å². The van der Waals surface area contributed by atoms with Gasteiger partial charge in [-0.1, -0.05) is 6.07 Å². The normalized spacial score (nSPS) is 10.9. The Morgan fingerprint density at radius 2 is 2.08 bits per heavy atom. The van der Waals surface area contributed by atoms with Crippen molar-refractivity contribution in [2.24, 2.45) is 0 Å². The van der Waals surface area contributed by atoms with E-state index in [2.05, 4.69) is 37.9 Å². The maximum absolute atomic E-state index is 5.22. The highest BCUT2D eigenvalue weighted by Crippen LogP contribution is 2.24. The second-order valence-electron chi connectivity index (χ2n) is 5.48. The molecule has 1 aromatic carbocycles. The standard InChI is InChI=1S/C18H17N5OS/c1-24-14-6-4-13(5-7-14)16-11-17(23-18(22-16)20-12-21-23)19-9-8-15-3-2-10-25-15/h2-7,10-12,19H,8-9H2,1H3. The predicted octanol–water partition coefficient (Wildman–Crippen LogP) is 3.52. The van der Waals surface area contributed by atoms with Gasteiger partial charge in [-0.05, 0) is 42.1 Å². The van der Waals surface area contributed by atoms with E-state index in [-0.39, 0.29) is 0 Å². The van der Waals surface area contributed by atoms with Crippen LogP contribution in [0.1, 0.15) is 4.88 Å². The quantitative estimate of drug-likeness (QED) is 0.576. The SMILES string of the molecule is COc1ccc(-c2cc(NCCc3cccs3)n3ncnc3n2)cc1. The number of ether oxygens (including phenoxy) is 1. The first-order chi connectivity index (χ1) is 12.3. The molecule has 0 aliphatic carbocycles. The maximum atomic E-state index is 5.22. The van der Waals surface area contributed by atoms with Crippen molar-refractivity contribution in [2.45, 2.75) is 6.42 Å². The second-order valence-corrected chi connectivity index (χ2v) is 6.52. The Balaban J connectivity index is 1.61. The number of rotatable bonds is 6. The summed E-state index contributed by atoms with van der Waals surface area (Å²) < 4.78 is 6.94. The van der Waals surface area contributed by atoms with Crippen molar-refractivity contribution in [3.63, 3.8) is 0 Å². The van der Waals surface area contributed by atoms with Crippen LogP contribution >= 0.6 is 11.3 Å². The van der Waals surface area contributed by atoms with E-state index in [0.29, 0.717) is 5.78 Å². The highest BCUT2D eigenvalue weighted by atomic mass is 32.1. The summed E-state index contributed by atoms with van der Waals surface area (Å²) in [5.41, 5.74) is 1.86. The van der Waals surface area contributed by atoms with E-state index < -0.39 is 0 Å². The van der Waals surface area contributed by atoms with Gasteiger partial charge in [0.25, 0.3) is 5.78 Å². The molecule has 0 saturated heterocycles. The third-order valence-electron chi connectivity index (χ3n) is 3.90. The third kappa shape index (κ3) is 3.32. The minimum absolute atomic E-state index is 0.576. The van der Waals surface area contributed by atoms with Crippen LogP contribution in [-0.2, 0) is 6.42 Å². The van der Waals surface area contributed by atoms with Crippen LogP contribution in [0, 0.1) is 0 Å². The van der Waals surface area contributed by atoms with Crippen LogP contribution in [0.2, 0.25) is 0 Å². The van der Waals surface area contributed by atoms with Gasteiger partial charge in [-0.25, -0.2) is 4.98 Å². The highest BCUT2D eigenvalue weighted by Gasteiger charge is 2.09. The smallest absolute Gasteiger partial charge is 0.254 e. The van der Waals surface area contributed by atoms with E-state index in [9.17, 15) is 0 Å². The van der Waals surface area contributed by atoms with Gasteiger partial charge in [0.2, 0.25) is 0 Å². The van der Waals surface area contributed by atoms with Gasteiger partial charge in [-0.15, -0.1) is 11.3 Å². The lowest BCUT2D eigenvalue weighted by Gasteiger charge is -2.10. The Kier molecular flexibility index (Phi) is 4.30. The van der Waals surface area contributed by atoms with Gasteiger partial charge in [-0.3, -0.25) is 0 Å². The fourth-order valence-electron chi connectivity index (χ4n) is 2.62. The first-order valence-corrected chi connectivity index (χ1v) is 8.83. The molecule has 0 aliphatic rings. The van der Waals surface area contributed by atoms with Gasteiger partial charge in [0, 0.05) is 23.1 Å². The molecule has 0 unspecified atom stereocenters. The summed E-state index contributed by atoms with van der Waals surface area (Å²) in [6, 6.07) is 14.0.